The number of aryl methyl sites for hydroxylation is 1. The second-order valence-electron chi connectivity index (χ2n) is 5.62. The van der Waals surface area contributed by atoms with Gasteiger partial charge >= 0.3 is 0 Å². The minimum atomic E-state index is -0.377. The van der Waals surface area contributed by atoms with E-state index in [1.54, 1.807) is 13.0 Å². The molecule has 94 valence electrons. The van der Waals surface area contributed by atoms with Crippen LogP contribution in [0.3, 0.4) is 0 Å². The molecule has 0 aliphatic heterocycles. The molecule has 0 saturated heterocycles. The Bertz CT molecular complexity index is 400. The average molecular weight is 237 g/mol. The van der Waals surface area contributed by atoms with Crippen molar-refractivity contribution in [3.8, 4) is 0 Å². The van der Waals surface area contributed by atoms with Crippen LogP contribution in [0.25, 0.3) is 0 Å². The fourth-order valence-electron chi connectivity index (χ4n) is 1.52. The largest absolute Gasteiger partial charge is 0.327 e. The molecule has 1 aromatic rings. The van der Waals surface area contributed by atoms with Crippen molar-refractivity contribution in [1.29, 1.82) is 0 Å². The third-order valence-electron chi connectivity index (χ3n) is 2.88. The minimum absolute atomic E-state index is 0.102. The van der Waals surface area contributed by atoms with E-state index in [1.165, 1.54) is 12.1 Å². The molecule has 0 bridgehead atoms. The molecule has 0 saturated carbocycles. The van der Waals surface area contributed by atoms with E-state index < -0.39 is 0 Å². The van der Waals surface area contributed by atoms with Crippen molar-refractivity contribution in [1.82, 2.24) is 0 Å². The van der Waals surface area contributed by atoms with Crippen molar-refractivity contribution in [2.75, 3.05) is 0 Å². The second kappa shape index (κ2) is 4.96. The summed E-state index contributed by atoms with van der Waals surface area (Å²) in [6, 6.07) is 4.14. The lowest BCUT2D eigenvalue weighted by atomic mass is 9.83. The van der Waals surface area contributed by atoms with Crippen molar-refractivity contribution in [3.63, 3.8) is 0 Å². The topological polar surface area (TPSA) is 43.1 Å². The fraction of sp³-hybridized carbons (Fsp3) is 0.500. The highest BCUT2D eigenvalue weighted by atomic mass is 19.1. The number of hydrogen-bond acceptors (Lipinski definition) is 2. The van der Waals surface area contributed by atoms with E-state index >= 15 is 0 Å². The van der Waals surface area contributed by atoms with E-state index in [1.807, 2.05) is 20.8 Å². The van der Waals surface area contributed by atoms with Gasteiger partial charge in [-0.1, -0.05) is 20.8 Å². The quantitative estimate of drug-likeness (QED) is 0.821. The molecule has 0 fully saturated rings. The van der Waals surface area contributed by atoms with Gasteiger partial charge in [-0.25, -0.2) is 4.39 Å². The number of benzene rings is 1. The Morgan fingerprint density at radius 2 is 1.94 bits per heavy atom. The first kappa shape index (κ1) is 13.8. The zero-order valence-corrected chi connectivity index (χ0v) is 10.9. The van der Waals surface area contributed by atoms with Crippen LogP contribution in [0.1, 0.15) is 43.1 Å². The fourth-order valence-corrected chi connectivity index (χ4v) is 1.52. The normalized spacial score (nSPS) is 13.5. The Labute approximate surface area is 102 Å². The van der Waals surface area contributed by atoms with Gasteiger partial charge in [0.15, 0.2) is 5.78 Å². The summed E-state index contributed by atoms with van der Waals surface area (Å²) in [5, 5.41) is 0. The van der Waals surface area contributed by atoms with Crippen molar-refractivity contribution >= 4 is 5.78 Å². The van der Waals surface area contributed by atoms with E-state index in [-0.39, 0.29) is 29.5 Å². The lowest BCUT2D eigenvalue weighted by molar-refractivity contribution is 0.0952. The molecule has 0 amide bonds. The standard InChI is InChI=1S/C14H20FNO/c1-9-5-10(7-11(15)6-9)12(17)8-13(16)14(2,3)4/h5-7,13H,8,16H2,1-4H3. The predicted molar refractivity (Wildman–Crippen MR) is 67.5 cm³/mol. The molecule has 1 aromatic carbocycles. The number of nitrogens with two attached hydrogens (primary N) is 1. The molecular weight excluding hydrogens is 217 g/mol. The Hall–Kier alpha value is -1.22. The molecule has 0 aliphatic carbocycles. The molecule has 2 nitrogen and oxygen atoms in total. The highest BCUT2D eigenvalue weighted by Crippen LogP contribution is 2.21. The van der Waals surface area contributed by atoms with Crippen molar-refractivity contribution in [2.24, 2.45) is 11.1 Å². The van der Waals surface area contributed by atoms with Crippen LogP contribution in [0.4, 0.5) is 4.39 Å². The maximum atomic E-state index is 13.2. The zero-order valence-electron chi connectivity index (χ0n) is 10.9. The first-order valence-electron chi connectivity index (χ1n) is 5.76. The monoisotopic (exact) mass is 237 g/mol. The van der Waals surface area contributed by atoms with E-state index in [0.717, 1.165) is 5.56 Å². The Morgan fingerprint density at radius 1 is 1.35 bits per heavy atom. The Morgan fingerprint density at radius 3 is 2.41 bits per heavy atom. The summed E-state index contributed by atoms with van der Waals surface area (Å²) in [5.41, 5.74) is 6.98. The van der Waals surface area contributed by atoms with Crippen LogP contribution in [0, 0.1) is 18.2 Å². The van der Waals surface area contributed by atoms with Crippen LogP contribution in [-0.2, 0) is 0 Å². The molecule has 1 atom stereocenters. The third-order valence-corrected chi connectivity index (χ3v) is 2.88. The van der Waals surface area contributed by atoms with Gasteiger partial charge in [-0.3, -0.25) is 4.79 Å². The van der Waals surface area contributed by atoms with E-state index in [4.69, 9.17) is 5.73 Å². The molecular formula is C14H20FNO. The first-order chi connectivity index (χ1) is 7.70. The number of ketones is 1. The Kier molecular flexibility index (Phi) is 4.04. The van der Waals surface area contributed by atoms with Crippen molar-refractivity contribution in [2.45, 2.75) is 40.2 Å². The van der Waals surface area contributed by atoms with Crippen molar-refractivity contribution in [3.05, 3.63) is 35.1 Å². The van der Waals surface area contributed by atoms with Gasteiger partial charge in [0.05, 0.1) is 0 Å². The summed E-state index contributed by atoms with van der Waals surface area (Å²) in [4.78, 5) is 12.0. The second-order valence-corrected chi connectivity index (χ2v) is 5.62. The SMILES string of the molecule is Cc1cc(F)cc(C(=O)CC(N)C(C)(C)C)c1. The van der Waals surface area contributed by atoms with Crippen LogP contribution in [0.2, 0.25) is 0 Å². The van der Waals surface area contributed by atoms with E-state index in [9.17, 15) is 9.18 Å². The lowest BCUT2D eigenvalue weighted by Gasteiger charge is -2.26. The van der Waals surface area contributed by atoms with Gasteiger partial charge in [-0.05, 0) is 36.1 Å². The van der Waals surface area contributed by atoms with Gasteiger partial charge in [0.1, 0.15) is 5.82 Å². The summed E-state index contributed by atoms with van der Waals surface area (Å²) in [6.45, 7) is 7.73. The van der Waals surface area contributed by atoms with Gasteiger partial charge in [0, 0.05) is 18.0 Å². The van der Waals surface area contributed by atoms with Gasteiger partial charge in [-0.2, -0.15) is 0 Å². The lowest BCUT2D eigenvalue weighted by Crippen LogP contribution is -2.37. The van der Waals surface area contributed by atoms with E-state index in [0.29, 0.717) is 5.56 Å². The Balaban J connectivity index is 2.84. The number of carbonyl (C=O) groups excluding carboxylic acids is 1. The van der Waals surface area contributed by atoms with Gasteiger partial charge < -0.3 is 5.73 Å². The maximum Gasteiger partial charge on any atom is 0.164 e. The van der Waals surface area contributed by atoms with Gasteiger partial charge in [0.2, 0.25) is 0 Å². The number of carbonyl (C=O) groups is 1. The number of halogens is 1. The molecule has 17 heavy (non-hydrogen) atoms. The van der Waals surface area contributed by atoms with Crippen molar-refractivity contribution < 1.29 is 9.18 Å². The number of hydrogen-bond donors (Lipinski definition) is 1. The zero-order chi connectivity index (χ0) is 13.2. The molecule has 0 radical (unpaired) electrons. The summed E-state index contributed by atoms with van der Waals surface area (Å²) in [7, 11) is 0. The predicted octanol–water partition coefficient (Wildman–Crippen LogP) is 3.08. The first-order valence-corrected chi connectivity index (χ1v) is 5.76. The van der Waals surface area contributed by atoms with Crippen LogP contribution in [0.5, 0.6) is 0 Å². The summed E-state index contributed by atoms with van der Waals surface area (Å²) in [6.07, 6.45) is 0.242. The molecule has 3 heteroatoms. The summed E-state index contributed by atoms with van der Waals surface area (Å²) < 4.78 is 13.2. The molecule has 2 N–H and O–H groups in total. The number of Topliss-reactive ketones (excluding diaryl/α,β-unsaturated/α-hetero) is 1. The molecule has 0 aliphatic rings. The van der Waals surface area contributed by atoms with E-state index in [2.05, 4.69) is 0 Å². The minimum Gasteiger partial charge on any atom is -0.327 e. The molecule has 0 heterocycles. The maximum absolute atomic E-state index is 13.2. The summed E-state index contributed by atoms with van der Waals surface area (Å²) >= 11 is 0. The van der Waals surface area contributed by atoms with Crippen LogP contribution < -0.4 is 5.73 Å². The third kappa shape index (κ3) is 3.93. The summed E-state index contributed by atoms with van der Waals surface area (Å²) in [5.74, 6) is -0.479. The smallest absolute Gasteiger partial charge is 0.164 e. The number of rotatable bonds is 3. The van der Waals surface area contributed by atoms with Gasteiger partial charge in [-0.15, -0.1) is 0 Å². The van der Waals surface area contributed by atoms with Crippen LogP contribution >= 0.6 is 0 Å². The highest BCUT2D eigenvalue weighted by Gasteiger charge is 2.23. The van der Waals surface area contributed by atoms with Gasteiger partial charge in [0.25, 0.3) is 0 Å². The highest BCUT2D eigenvalue weighted by molar-refractivity contribution is 5.96. The molecule has 0 aromatic heterocycles. The average Bonchev–Trinajstić information content (AvgIpc) is 2.14. The molecule has 1 unspecified atom stereocenters. The molecule has 1 rings (SSSR count). The van der Waals surface area contributed by atoms with Crippen LogP contribution in [-0.4, -0.2) is 11.8 Å². The molecule has 0 spiro atoms. The van der Waals surface area contributed by atoms with Crippen LogP contribution in [0.15, 0.2) is 18.2 Å².